The van der Waals surface area contributed by atoms with Crippen LogP contribution < -0.4 is 14.8 Å². The van der Waals surface area contributed by atoms with Gasteiger partial charge in [-0.05, 0) is 26.8 Å². The maximum Gasteiger partial charge on any atom is 0.253 e. The van der Waals surface area contributed by atoms with Crippen LogP contribution in [0.3, 0.4) is 0 Å². The summed E-state index contributed by atoms with van der Waals surface area (Å²) >= 11 is 1.27. The van der Waals surface area contributed by atoms with Gasteiger partial charge in [0, 0.05) is 35.3 Å². The summed E-state index contributed by atoms with van der Waals surface area (Å²) in [5.41, 5.74) is 2.42. The second kappa shape index (κ2) is 7.83. The number of nitrogens with one attached hydrogen (secondary N) is 1. The Morgan fingerprint density at radius 1 is 1.11 bits per heavy atom. The molecule has 0 aliphatic rings. The first kappa shape index (κ1) is 19.0. The van der Waals surface area contributed by atoms with Crippen molar-refractivity contribution in [3.05, 3.63) is 35.7 Å². The standard InChI is InChI=1S/C18H21N5O3S/c1-10-6-11(2)23-17(19-10)21-18(22-23)27-12(3)16(24)20-13-7-14(25-4)9-15(8-13)26-5/h6-9,12H,1-5H3,(H,20,24)/t12-/m1/s1. The van der Waals surface area contributed by atoms with Crippen LogP contribution >= 0.6 is 11.8 Å². The number of aromatic nitrogens is 4. The normalized spacial score (nSPS) is 12.0. The summed E-state index contributed by atoms with van der Waals surface area (Å²) in [6, 6.07) is 7.14. The molecule has 0 unspecified atom stereocenters. The van der Waals surface area contributed by atoms with Gasteiger partial charge >= 0.3 is 0 Å². The van der Waals surface area contributed by atoms with Gasteiger partial charge in [-0.25, -0.2) is 9.50 Å². The number of methoxy groups -OCH3 is 2. The summed E-state index contributed by atoms with van der Waals surface area (Å²) < 4.78 is 12.1. The predicted octanol–water partition coefficient (Wildman–Crippen LogP) is 2.88. The third-order valence-corrected chi connectivity index (χ3v) is 4.82. The summed E-state index contributed by atoms with van der Waals surface area (Å²) in [6.45, 7) is 5.65. The molecular formula is C18H21N5O3S. The Labute approximate surface area is 161 Å². The Hall–Kier alpha value is -2.81. The molecule has 142 valence electrons. The summed E-state index contributed by atoms with van der Waals surface area (Å²) in [5, 5.41) is 7.39. The van der Waals surface area contributed by atoms with E-state index in [1.807, 2.05) is 19.9 Å². The van der Waals surface area contributed by atoms with Gasteiger partial charge in [-0.3, -0.25) is 4.79 Å². The van der Waals surface area contributed by atoms with Gasteiger partial charge in [-0.1, -0.05) is 11.8 Å². The van der Waals surface area contributed by atoms with Crippen molar-refractivity contribution in [1.29, 1.82) is 0 Å². The molecule has 0 saturated carbocycles. The lowest BCUT2D eigenvalue weighted by Crippen LogP contribution is -2.22. The third-order valence-electron chi connectivity index (χ3n) is 3.87. The second-order valence-corrected chi connectivity index (χ2v) is 7.30. The van der Waals surface area contributed by atoms with Crippen molar-refractivity contribution in [1.82, 2.24) is 19.6 Å². The molecule has 0 fully saturated rings. The topological polar surface area (TPSA) is 90.6 Å². The van der Waals surface area contributed by atoms with Crippen molar-refractivity contribution >= 4 is 29.1 Å². The molecule has 3 aromatic rings. The van der Waals surface area contributed by atoms with E-state index in [4.69, 9.17) is 9.47 Å². The molecule has 1 amide bonds. The van der Waals surface area contributed by atoms with Crippen LogP contribution in [0.4, 0.5) is 5.69 Å². The minimum atomic E-state index is -0.402. The van der Waals surface area contributed by atoms with Crippen LogP contribution in [-0.2, 0) is 4.79 Å². The van der Waals surface area contributed by atoms with E-state index in [0.29, 0.717) is 28.1 Å². The van der Waals surface area contributed by atoms with Crippen molar-refractivity contribution in [3.63, 3.8) is 0 Å². The zero-order chi connectivity index (χ0) is 19.6. The zero-order valence-corrected chi connectivity index (χ0v) is 16.6. The van der Waals surface area contributed by atoms with E-state index in [0.717, 1.165) is 11.4 Å². The van der Waals surface area contributed by atoms with Gasteiger partial charge in [-0.15, -0.1) is 5.10 Å². The lowest BCUT2D eigenvalue weighted by molar-refractivity contribution is -0.115. The first-order valence-corrected chi connectivity index (χ1v) is 9.19. The highest BCUT2D eigenvalue weighted by molar-refractivity contribution is 8.00. The summed E-state index contributed by atoms with van der Waals surface area (Å²) in [6.07, 6.45) is 0. The van der Waals surface area contributed by atoms with Gasteiger partial charge < -0.3 is 14.8 Å². The lowest BCUT2D eigenvalue weighted by atomic mass is 10.2. The van der Waals surface area contributed by atoms with E-state index in [1.165, 1.54) is 11.8 Å². The Morgan fingerprint density at radius 2 is 1.78 bits per heavy atom. The first-order valence-electron chi connectivity index (χ1n) is 8.31. The fourth-order valence-electron chi connectivity index (χ4n) is 2.53. The van der Waals surface area contributed by atoms with Crippen LogP contribution in [0, 0.1) is 13.8 Å². The van der Waals surface area contributed by atoms with Gasteiger partial charge in [0.2, 0.25) is 11.1 Å². The second-order valence-electron chi connectivity index (χ2n) is 6.00. The summed E-state index contributed by atoms with van der Waals surface area (Å²) in [7, 11) is 3.12. The number of ether oxygens (including phenoxy) is 2. The number of hydrogen-bond acceptors (Lipinski definition) is 7. The highest BCUT2D eigenvalue weighted by atomic mass is 32.2. The Kier molecular flexibility index (Phi) is 5.50. The molecule has 8 nitrogen and oxygen atoms in total. The molecule has 2 heterocycles. The SMILES string of the molecule is COc1cc(NC(=O)[C@@H](C)Sc2nc3nc(C)cc(C)n3n2)cc(OC)c1. The van der Waals surface area contributed by atoms with Crippen LogP contribution in [0.1, 0.15) is 18.3 Å². The molecular weight excluding hydrogens is 366 g/mol. The number of anilines is 1. The summed E-state index contributed by atoms with van der Waals surface area (Å²) in [4.78, 5) is 21.3. The Morgan fingerprint density at radius 3 is 2.41 bits per heavy atom. The minimum Gasteiger partial charge on any atom is -0.497 e. The molecule has 1 aromatic carbocycles. The Bertz CT molecular complexity index is 966. The number of rotatable bonds is 6. The number of amides is 1. The maximum absolute atomic E-state index is 12.6. The van der Waals surface area contributed by atoms with Crippen molar-refractivity contribution in [2.75, 3.05) is 19.5 Å². The van der Waals surface area contributed by atoms with Crippen LogP contribution in [0.5, 0.6) is 11.5 Å². The number of fused-ring (bicyclic) bond motifs is 1. The Balaban J connectivity index is 1.73. The maximum atomic E-state index is 12.6. The van der Waals surface area contributed by atoms with Crippen LogP contribution in [0.2, 0.25) is 0 Å². The molecule has 0 bridgehead atoms. The first-order chi connectivity index (χ1) is 12.9. The molecule has 27 heavy (non-hydrogen) atoms. The van der Waals surface area contributed by atoms with Gasteiger partial charge in [0.05, 0.1) is 19.5 Å². The van der Waals surface area contributed by atoms with Crippen molar-refractivity contribution < 1.29 is 14.3 Å². The van der Waals surface area contributed by atoms with E-state index >= 15 is 0 Å². The molecule has 0 aliphatic carbocycles. The monoisotopic (exact) mass is 387 g/mol. The van der Waals surface area contributed by atoms with Crippen molar-refractivity contribution in [2.45, 2.75) is 31.2 Å². The molecule has 0 aliphatic heterocycles. The van der Waals surface area contributed by atoms with E-state index in [1.54, 1.807) is 43.9 Å². The number of benzene rings is 1. The van der Waals surface area contributed by atoms with Crippen molar-refractivity contribution in [3.8, 4) is 11.5 Å². The third kappa shape index (κ3) is 4.30. The number of thioether (sulfide) groups is 1. The smallest absolute Gasteiger partial charge is 0.253 e. The molecule has 1 N–H and O–H groups in total. The zero-order valence-electron chi connectivity index (χ0n) is 15.8. The molecule has 9 heteroatoms. The lowest BCUT2D eigenvalue weighted by Gasteiger charge is -2.12. The van der Waals surface area contributed by atoms with E-state index in [2.05, 4.69) is 20.4 Å². The number of carbonyl (C=O) groups is 1. The summed E-state index contributed by atoms with van der Waals surface area (Å²) in [5.74, 6) is 1.56. The molecule has 0 spiro atoms. The fourth-order valence-corrected chi connectivity index (χ4v) is 3.28. The van der Waals surface area contributed by atoms with Gasteiger partial charge in [-0.2, -0.15) is 4.98 Å². The number of hydrogen-bond donors (Lipinski definition) is 1. The van der Waals surface area contributed by atoms with E-state index < -0.39 is 5.25 Å². The molecule has 3 rings (SSSR count). The number of carbonyl (C=O) groups excluding carboxylic acids is 1. The van der Waals surface area contributed by atoms with E-state index in [9.17, 15) is 4.79 Å². The van der Waals surface area contributed by atoms with Crippen molar-refractivity contribution in [2.24, 2.45) is 0 Å². The minimum absolute atomic E-state index is 0.171. The average molecular weight is 387 g/mol. The predicted molar refractivity (Wildman–Crippen MR) is 104 cm³/mol. The van der Waals surface area contributed by atoms with Crippen LogP contribution in [0.15, 0.2) is 29.4 Å². The number of nitrogens with zero attached hydrogens (tertiary/aromatic N) is 4. The van der Waals surface area contributed by atoms with Crippen LogP contribution in [0.25, 0.3) is 5.78 Å². The fraction of sp³-hybridized carbons (Fsp3) is 0.333. The molecule has 0 radical (unpaired) electrons. The highest BCUT2D eigenvalue weighted by Gasteiger charge is 2.19. The highest BCUT2D eigenvalue weighted by Crippen LogP contribution is 2.27. The molecule has 0 saturated heterocycles. The van der Waals surface area contributed by atoms with Gasteiger partial charge in [0.15, 0.2) is 0 Å². The quantitative estimate of drug-likeness (QED) is 0.650. The van der Waals surface area contributed by atoms with Gasteiger partial charge in [0.25, 0.3) is 5.78 Å². The average Bonchev–Trinajstić information content (AvgIpc) is 3.03. The van der Waals surface area contributed by atoms with E-state index in [-0.39, 0.29) is 5.91 Å². The molecule has 1 atom stereocenters. The largest absolute Gasteiger partial charge is 0.497 e. The molecule has 2 aromatic heterocycles. The van der Waals surface area contributed by atoms with Gasteiger partial charge in [0.1, 0.15) is 11.5 Å². The number of aryl methyl sites for hydroxylation is 2. The van der Waals surface area contributed by atoms with Crippen LogP contribution in [-0.4, -0.2) is 45.0 Å².